The standard InChI is InChI=1S/C10H14O3/c1-13-9(12)10(6-11)5-7-2-3-8(10)4-7/h2-3,7-8,11H,4-6H2,1H3. The van der Waals surface area contributed by atoms with Gasteiger partial charge in [-0.2, -0.15) is 0 Å². The number of carbonyl (C=O) groups excluding carboxylic acids is 1. The monoisotopic (exact) mass is 182 g/mol. The van der Waals surface area contributed by atoms with Crippen LogP contribution in [0.5, 0.6) is 0 Å². The molecular formula is C10H14O3. The summed E-state index contributed by atoms with van der Waals surface area (Å²) in [6, 6.07) is 0. The van der Waals surface area contributed by atoms with Crippen molar-refractivity contribution < 1.29 is 14.6 Å². The highest BCUT2D eigenvalue weighted by molar-refractivity contribution is 5.78. The first-order chi connectivity index (χ1) is 6.23. The van der Waals surface area contributed by atoms with E-state index in [1.54, 1.807) is 0 Å². The van der Waals surface area contributed by atoms with Crippen LogP contribution in [0.1, 0.15) is 12.8 Å². The zero-order chi connectivity index (χ0) is 9.47. The summed E-state index contributed by atoms with van der Waals surface area (Å²) < 4.78 is 4.75. The van der Waals surface area contributed by atoms with Crippen LogP contribution < -0.4 is 0 Å². The quantitative estimate of drug-likeness (QED) is 0.506. The van der Waals surface area contributed by atoms with Gasteiger partial charge in [-0.25, -0.2) is 0 Å². The Morgan fingerprint density at radius 2 is 2.46 bits per heavy atom. The van der Waals surface area contributed by atoms with Gasteiger partial charge < -0.3 is 9.84 Å². The molecule has 0 aromatic heterocycles. The van der Waals surface area contributed by atoms with E-state index in [1.807, 2.05) is 6.08 Å². The predicted octanol–water partition coefficient (Wildman–Crippen LogP) is 0.734. The van der Waals surface area contributed by atoms with Crippen LogP contribution in [0.25, 0.3) is 0 Å². The lowest BCUT2D eigenvalue weighted by atomic mass is 9.76. The number of carbonyl (C=O) groups is 1. The summed E-state index contributed by atoms with van der Waals surface area (Å²) in [4.78, 5) is 11.5. The maximum Gasteiger partial charge on any atom is 0.314 e. The van der Waals surface area contributed by atoms with Crippen molar-refractivity contribution in [2.24, 2.45) is 17.3 Å². The number of ether oxygens (including phenoxy) is 1. The third kappa shape index (κ3) is 1.03. The molecule has 0 radical (unpaired) electrons. The maximum atomic E-state index is 11.5. The van der Waals surface area contributed by atoms with Gasteiger partial charge in [0.15, 0.2) is 0 Å². The van der Waals surface area contributed by atoms with Gasteiger partial charge in [0.05, 0.1) is 19.1 Å². The average Bonchev–Trinajstić information content (AvgIpc) is 2.75. The molecule has 2 bridgehead atoms. The minimum absolute atomic E-state index is 0.0921. The van der Waals surface area contributed by atoms with E-state index in [9.17, 15) is 9.90 Å². The van der Waals surface area contributed by atoms with E-state index in [0.29, 0.717) is 5.92 Å². The molecule has 2 aliphatic rings. The molecule has 1 saturated carbocycles. The largest absolute Gasteiger partial charge is 0.469 e. The molecule has 0 saturated heterocycles. The van der Waals surface area contributed by atoms with Gasteiger partial charge in [-0.1, -0.05) is 12.2 Å². The predicted molar refractivity (Wildman–Crippen MR) is 46.9 cm³/mol. The summed E-state index contributed by atoms with van der Waals surface area (Å²) in [7, 11) is 1.38. The van der Waals surface area contributed by atoms with Crippen LogP contribution in [0.3, 0.4) is 0 Å². The molecular weight excluding hydrogens is 168 g/mol. The van der Waals surface area contributed by atoms with Gasteiger partial charge >= 0.3 is 5.97 Å². The van der Waals surface area contributed by atoms with Gasteiger partial charge in [0.25, 0.3) is 0 Å². The lowest BCUT2D eigenvalue weighted by Crippen LogP contribution is -2.39. The summed E-state index contributed by atoms with van der Waals surface area (Å²) in [6.45, 7) is -0.0921. The molecule has 2 rings (SSSR count). The number of hydrogen-bond donors (Lipinski definition) is 1. The molecule has 3 atom stereocenters. The van der Waals surface area contributed by atoms with Crippen molar-refractivity contribution in [3.05, 3.63) is 12.2 Å². The molecule has 3 nitrogen and oxygen atoms in total. The minimum Gasteiger partial charge on any atom is -0.469 e. The van der Waals surface area contributed by atoms with Crippen molar-refractivity contribution in [1.82, 2.24) is 0 Å². The van der Waals surface area contributed by atoms with Crippen LogP contribution in [0.4, 0.5) is 0 Å². The fourth-order valence-electron chi connectivity index (χ4n) is 2.64. The Labute approximate surface area is 77.4 Å². The Morgan fingerprint density at radius 1 is 1.69 bits per heavy atom. The molecule has 0 aromatic rings. The second-order valence-electron chi connectivity index (χ2n) is 4.00. The van der Waals surface area contributed by atoms with Crippen LogP contribution in [-0.2, 0) is 9.53 Å². The third-order valence-electron chi connectivity index (χ3n) is 3.38. The number of allylic oxidation sites excluding steroid dienone is 2. The highest BCUT2D eigenvalue weighted by Crippen LogP contribution is 2.52. The highest BCUT2D eigenvalue weighted by atomic mass is 16.5. The SMILES string of the molecule is COC(=O)C1(CO)CC2C=CC1C2. The van der Waals surface area contributed by atoms with E-state index in [1.165, 1.54) is 7.11 Å². The van der Waals surface area contributed by atoms with Gasteiger partial charge in [-0.05, 0) is 24.7 Å². The number of methoxy groups -OCH3 is 1. The number of fused-ring (bicyclic) bond motifs is 2. The average molecular weight is 182 g/mol. The molecule has 0 heterocycles. The van der Waals surface area contributed by atoms with Crippen LogP contribution >= 0.6 is 0 Å². The summed E-state index contributed by atoms with van der Waals surface area (Å²) in [6.07, 6.45) is 5.93. The van der Waals surface area contributed by atoms with Gasteiger partial charge in [0, 0.05) is 0 Å². The molecule has 72 valence electrons. The fourth-order valence-corrected chi connectivity index (χ4v) is 2.64. The van der Waals surface area contributed by atoms with Crippen LogP contribution in [0.2, 0.25) is 0 Å². The molecule has 1 N–H and O–H groups in total. The smallest absolute Gasteiger partial charge is 0.314 e. The molecule has 3 heteroatoms. The third-order valence-corrected chi connectivity index (χ3v) is 3.38. The van der Waals surface area contributed by atoms with Gasteiger partial charge in [0.2, 0.25) is 0 Å². The molecule has 0 aliphatic heterocycles. The summed E-state index contributed by atoms with van der Waals surface area (Å²) in [5.74, 6) is 0.401. The normalized spacial score (nSPS) is 41.1. The Bertz CT molecular complexity index is 259. The minimum atomic E-state index is -0.631. The molecule has 1 fully saturated rings. The lowest BCUT2D eigenvalue weighted by Gasteiger charge is -2.30. The number of aliphatic hydroxyl groups excluding tert-OH is 1. The van der Waals surface area contributed by atoms with E-state index >= 15 is 0 Å². The van der Waals surface area contributed by atoms with Crippen LogP contribution in [0.15, 0.2) is 12.2 Å². The molecule has 0 spiro atoms. The van der Waals surface area contributed by atoms with E-state index < -0.39 is 5.41 Å². The summed E-state index contributed by atoms with van der Waals surface area (Å²) in [5.41, 5.74) is -0.631. The van der Waals surface area contributed by atoms with Crippen LogP contribution in [-0.4, -0.2) is 24.8 Å². The first-order valence-electron chi connectivity index (χ1n) is 4.60. The fraction of sp³-hybridized carbons (Fsp3) is 0.700. The lowest BCUT2D eigenvalue weighted by molar-refractivity contribution is -0.157. The summed E-state index contributed by atoms with van der Waals surface area (Å²) in [5, 5.41) is 9.31. The van der Waals surface area contributed by atoms with Crippen molar-refractivity contribution in [2.75, 3.05) is 13.7 Å². The van der Waals surface area contributed by atoms with E-state index in [0.717, 1.165) is 12.8 Å². The van der Waals surface area contributed by atoms with E-state index in [-0.39, 0.29) is 18.5 Å². The first-order valence-corrected chi connectivity index (χ1v) is 4.60. The molecule has 3 unspecified atom stereocenters. The number of hydrogen-bond acceptors (Lipinski definition) is 3. The van der Waals surface area contributed by atoms with Crippen molar-refractivity contribution >= 4 is 5.97 Å². The van der Waals surface area contributed by atoms with Crippen molar-refractivity contribution in [2.45, 2.75) is 12.8 Å². The maximum absolute atomic E-state index is 11.5. The zero-order valence-electron chi connectivity index (χ0n) is 7.69. The Morgan fingerprint density at radius 3 is 2.85 bits per heavy atom. The molecule has 0 aromatic carbocycles. The molecule has 0 amide bonds. The second kappa shape index (κ2) is 2.84. The Hall–Kier alpha value is -0.830. The molecule has 13 heavy (non-hydrogen) atoms. The van der Waals surface area contributed by atoms with Crippen LogP contribution in [0, 0.1) is 17.3 Å². The first kappa shape index (κ1) is 8.75. The molecule has 2 aliphatic carbocycles. The topological polar surface area (TPSA) is 46.5 Å². The number of esters is 1. The van der Waals surface area contributed by atoms with Gasteiger partial charge in [0.1, 0.15) is 0 Å². The van der Waals surface area contributed by atoms with Crippen molar-refractivity contribution in [1.29, 1.82) is 0 Å². The van der Waals surface area contributed by atoms with Crippen molar-refractivity contribution in [3.63, 3.8) is 0 Å². The number of rotatable bonds is 2. The number of aliphatic hydroxyl groups is 1. The van der Waals surface area contributed by atoms with Gasteiger partial charge in [-0.3, -0.25) is 4.79 Å². The van der Waals surface area contributed by atoms with Crippen molar-refractivity contribution in [3.8, 4) is 0 Å². The van der Waals surface area contributed by atoms with E-state index in [2.05, 4.69) is 6.08 Å². The van der Waals surface area contributed by atoms with Gasteiger partial charge in [-0.15, -0.1) is 0 Å². The second-order valence-corrected chi connectivity index (χ2v) is 4.00. The Kier molecular flexibility index (Phi) is 1.91. The highest BCUT2D eigenvalue weighted by Gasteiger charge is 2.53. The Balaban J connectivity index is 2.27. The zero-order valence-corrected chi connectivity index (χ0v) is 7.69. The van der Waals surface area contributed by atoms with E-state index in [4.69, 9.17) is 4.74 Å². The summed E-state index contributed by atoms with van der Waals surface area (Å²) >= 11 is 0.